The van der Waals surface area contributed by atoms with Gasteiger partial charge in [0.2, 0.25) is 0 Å². The van der Waals surface area contributed by atoms with E-state index in [1.165, 1.54) is 19.3 Å². The lowest BCUT2D eigenvalue weighted by atomic mass is 10.0. The van der Waals surface area contributed by atoms with Crippen molar-refractivity contribution in [2.24, 2.45) is 10.9 Å². The van der Waals surface area contributed by atoms with Crippen molar-refractivity contribution in [3.8, 4) is 0 Å². The molecule has 0 fully saturated rings. The number of hydrogen-bond donors (Lipinski definition) is 2. The van der Waals surface area contributed by atoms with E-state index in [9.17, 15) is 0 Å². The lowest BCUT2D eigenvalue weighted by Gasteiger charge is -2.18. The van der Waals surface area contributed by atoms with Gasteiger partial charge in [0.1, 0.15) is 0 Å². The van der Waals surface area contributed by atoms with Crippen LogP contribution < -0.4 is 10.6 Å². The van der Waals surface area contributed by atoms with Crippen molar-refractivity contribution in [2.45, 2.75) is 59.4 Å². The minimum Gasteiger partial charge on any atom is -0.357 e. The maximum atomic E-state index is 4.64. The average Bonchev–Trinajstić information content (AvgIpc) is 2.34. The monoisotopic (exact) mass is 412 g/mol. The Morgan fingerprint density at radius 1 is 1.10 bits per heavy atom. The van der Waals surface area contributed by atoms with Crippen LogP contribution in [0.5, 0.6) is 0 Å². The van der Waals surface area contributed by atoms with Gasteiger partial charge in [0.15, 0.2) is 5.96 Å². The van der Waals surface area contributed by atoms with Gasteiger partial charge in [-0.3, -0.25) is 4.99 Å². The molecule has 1 unspecified atom stereocenters. The summed E-state index contributed by atoms with van der Waals surface area (Å²) >= 11 is 0. The molecule has 5 heteroatoms. The van der Waals surface area contributed by atoms with Gasteiger partial charge in [0.25, 0.3) is 0 Å². The minimum absolute atomic E-state index is 0. The summed E-state index contributed by atoms with van der Waals surface area (Å²) in [7, 11) is 4.20. The molecule has 0 heterocycles. The van der Waals surface area contributed by atoms with Crippen molar-refractivity contribution < 1.29 is 0 Å². The number of hydrogen-bond acceptors (Lipinski definition) is 2. The van der Waals surface area contributed by atoms with Crippen LogP contribution in [0.2, 0.25) is 0 Å². The van der Waals surface area contributed by atoms with E-state index in [0.717, 1.165) is 37.9 Å². The highest BCUT2D eigenvalue weighted by Crippen LogP contribution is 2.08. The second kappa shape index (κ2) is 14.9. The summed E-state index contributed by atoms with van der Waals surface area (Å²) in [5.41, 5.74) is 0. The molecule has 0 aromatic rings. The third-order valence-corrected chi connectivity index (χ3v) is 3.18. The van der Waals surface area contributed by atoms with Crippen LogP contribution in [0.15, 0.2) is 4.99 Å². The van der Waals surface area contributed by atoms with Crippen molar-refractivity contribution >= 4 is 29.9 Å². The molecule has 0 aliphatic rings. The third kappa shape index (κ3) is 16.2. The van der Waals surface area contributed by atoms with Crippen LogP contribution in [-0.4, -0.2) is 50.6 Å². The van der Waals surface area contributed by atoms with Crippen molar-refractivity contribution in [2.75, 3.05) is 33.7 Å². The highest BCUT2D eigenvalue weighted by Gasteiger charge is 2.05. The molecule has 0 radical (unpaired) electrons. The van der Waals surface area contributed by atoms with Crippen LogP contribution in [-0.2, 0) is 0 Å². The van der Waals surface area contributed by atoms with E-state index in [1.54, 1.807) is 0 Å². The molecule has 0 saturated carbocycles. The van der Waals surface area contributed by atoms with E-state index >= 15 is 0 Å². The molecular weight excluding hydrogens is 375 g/mol. The number of nitrogens with one attached hydrogen (secondary N) is 2. The first-order valence-corrected chi connectivity index (χ1v) is 8.15. The van der Waals surface area contributed by atoms with Crippen molar-refractivity contribution in [3.05, 3.63) is 0 Å². The predicted molar refractivity (Wildman–Crippen MR) is 106 cm³/mol. The summed E-state index contributed by atoms with van der Waals surface area (Å²) in [4.78, 5) is 6.84. The Bertz CT molecular complexity index is 255. The van der Waals surface area contributed by atoms with E-state index in [0.29, 0.717) is 6.04 Å². The van der Waals surface area contributed by atoms with Crippen LogP contribution in [0.1, 0.15) is 53.4 Å². The fourth-order valence-corrected chi connectivity index (χ4v) is 2.04. The molecule has 128 valence electrons. The molecule has 1 atom stereocenters. The van der Waals surface area contributed by atoms with E-state index in [1.807, 2.05) is 0 Å². The van der Waals surface area contributed by atoms with Gasteiger partial charge in [-0.1, -0.05) is 26.7 Å². The molecule has 0 aliphatic carbocycles. The van der Waals surface area contributed by atoms with E-state index in [2.05, 4.69) is 62.3 Å². The molecule has 2 N–H and O–H groups in total. The van der Waals surface area contributed by atoms with Gasteiger partial charge in [0, 0.05) is 19.1 Å². The predicted octanol–water partition coefficient (Wildman–Crippen LogP) is 3.33. The summed E-state index contributed by atoms with van der Waals surface area (Å²) in [6, 6.07) is 0.486. The SMILES string of the molecule is CCNC(=NCCCN(C)C)NC(C)CCCC(C)C.I. The fraction of sp³-hybridized carbons (Fsp3) is 0.938. The first-order valence-electron chi connectivity index (χ1n) is 8.15. The van der Waals surface area contributed by atoms with Gasteiger partial charge in [-0.05, 0) is 53.2 Å². The normalized spacial score (nSPS) is 13.2. The molecule has 4 nitrogen and oxygen atoms in total. The highest BCUT2D eigenvalue weighted by molar-refractivity contribution is 14.0. The van der Waals surface area contributed by atoms with E-state index < -0.39 is 0 Å². The summed E-state index contributed by atoms with van der Waals surface area (Å²) in [5.74, 6) is 1.76. The zero-order valence-electron chi connectivity index (χ0n) is 14.9. The van der Waals surface area contributed by atoms with Gasteiger partial charge < -0.3 is 15.5 Å². The molecular formula is C16H37IN4. The number of guanidine groups is 1. The molecule has 0 amide bonds. The molecule has 0 aromatic carbocycles. The Kier molecular flexibility index (Phi) is 16.5. The van der Waals surface area contributed by atoms with E-state index in [4.69, 9.17) is 0 Å². The molecule has 0 spiro atoms. The summed E-state index contributed by atoms with van der Waals surface area (Å²) in [5, 5.41) is 6.83. The van der Waals surface area contributed by atoms with Gasteiger partial charge in [-0.25, -0.2) is 0 Å². The Labute approximate surface area is 149 Å². The molecule has 0 bridgehead atoms. The number of nitrogens with zero attached hydrogens (tertiary/aromatic N) is 2. The quantitative estimate of drug-likeness (QED) is 0.250. The van der Waals surface area contributed by atoms with Gasteiger partial charge in [-0.15, -0.1) is 24.0 Å². The summed E-state index contributed by atoms with van der Waals surface area (Å²) < 4.78 is 0. The fourth-order valence-electron chi connectivity index (χ4n) is 2.04. The standard InChI is InChI=1S/C16H36N4.HI/c1-7-17-16(18-12-9-13-20(5)6)19-15(4)11-8-10-14(2)3;/h14-15H,7-13H2,1-6H3,(H2,17,18,19);1H. The van der Waals surface area contributed by atoms with Crippen molar-refractivity contribution in [1.82, 2.24) is 15.5 Å². The van der Waals surface area contributed by atoms with Crippen LogP contribution in [0.3, 0.4) is 0 Å². The Hall–Kier alpha value is -0.0400. The lowest BCUT2D eigenvalue weighted by molar-refractivity contribution is 0.403. The Morgan fingerprint density at radius 3 is 2.29 bits per heavy atom. The topological polar surface area (TPSA) is 39.7 Å². The minimum atomic E-state index is 0. The average molecular weight is 412 g/mol. The molecule has 0 rings (SSSR count). The van der Waals surface area contributed by atoms with Crippen molar-refractivity contribution in [1.29, 1.82) is 0 Å². The largest absolute Gasteiger partial charge is 0.357 e. The highest BCUT2D eigenvalue weighted by atomic mass is 127. The van der Waals surface area contributed by atoms with Gasteiger partial charge >= 0.3 is 0 Å². The Balaban J connectivity index is 0. The molecule has 0 aromatic heterocycles. The third-order valence-electron chi connectivity index (χ3n) is 3.18. The van der Waals surface area contributed by atoms with Crippen molar-refractivity contribution in [3.63, 3.8) is 0 Å². The first kappa shape index (κ1) is 23.2. The first-order chi connectivity index (χ1) is 9.45. The number of halogens is 1. The number of rotatable bonds is 10. The van der Waals surface area contributed by atoms with Gasteiger partial charge in [-0.2, -0.15) is 0 Å². The van der Waals surface area contributed by atoms with E-state index in [-0.39, 0.29) is 24.0 Å². The van der Waals surface area contributed by atoms with Crippen LogP contribution >= 0.6 is 24.0 Å². The van der Waals surface area contributed by atoms with Gasteiger partial charge in [0.05, 0.1) is 0 Å². The van der Waals surface area contributed by atoms with Crippen LogP contribution in [0.25, 0.3) is 0 Å². The Morgan fingerprint density at radius 2 is 1.76 bits per heavy atom. The maximum Gasteiger partial charge on any atom is 0.191 e. The smallest absolute Gasteiger partial charge is 0.191 e. The zero-order valence-corrected chi connectivity index (χ0v) is 17.2. The second-order valence-electron chi connectivity index (χ2n) is 6.29. The molecule has 21 heavy (non-hydrogen) atoms. The van der Waals surface area contributed by atoms with Crippen LogP contribution in [0, 0.1) is 5.92 Å². The molecule has 0 saturated heterocycles. The van der Waals surface area contributed by atoms with Crippen LogP contribution in [0.4, 0.5) is 0 Å². The maximum absolute atomic E-state index is 4.64. The summed E-state index contributed by atoms with van der Waals surface area (Å²) in [6.45, 7) is 11.8. The summed E-state index contributed by atoms with van der Waals surface area (Å²) in [6.07, 6.45) is 4.90. The second-order valence-corrected chi connectivity index (χ2v) is 6.29. The molecule has 0 aliphatic heterocycles. The number of aliphatic imine (C=N–C) groups is 1. The zero-order chi connectivity index (χ0) is 15.4. The lowest BCUT2D eigenvalue weighted by Crippen LogP contribution is -2.42.